The van der Waals surface area contributed by atoms with Crippen LogP contribution in [0.3, 0.4) is 0 Å². The van der Waals surface area contributed by atoms with Crippen LogP contribution in [-0.2, 0) is 30.9 Å². The molecule has 1 unspecified atom stereocenters. The zero-order valence-electron chi connectivity index (χ0n) is 11.2. The van der Waals surface area contributed by atoms with Gasteiger partial charge in [0.2, 0.25) is 0 Å². The highest BCUT2D eigenvalue weighted by Crippen LogP contribution is 2.24. The number of hydrogen-bond donors (Lipinski definition) is 1. The first-order valence-electron chi connectivity index (χ1n) is 6.72. The van der Waals surface area contributed by atoms with Crippen LogP contribution in [0.5, 0.6) is 0 Å². The van der Waals surface area contributed by atoms with Crippen LogP contribution in [0.15, 0.2) is 30.6 Å². The van der Waals surface area contributed by atoms with Crippen molar-refractivity contribution in [3.8, 4) is 0 Å². The van der Waals surface area contributed by atoms with Crippen molar-refractivity contribution in [1.29, 1.82) is 0 Å². The Balaban J connectivity index is 1.74. The fourth-order valence-corrected chi connectivity index (χ4v) is 2.48. The maximum absolute atomic E-state index is 6.29. The van der Waals surface area contributed by atoms with Crippen molar-refractivity contribution in [1.82, 2.24) is 9.78 Å². The second-order valence-electron chi connectivity index (χ2n) is 5.04. The lowest BCUT2D eigenvalue weighted by Crippen LogP contribution is -2.13. The number of rotatable bonds is 4. The monoisotopic (exact) mass is 257 g/mol. The Bertz CT molecular complexity index is 577. The lowest BCUT2D eigenvalue weighted by Gasteiger charge is -2.12. The second-order valence-corrected chi connectivity index (χ2v) is 5.04. The third-order valence-electron chi connectivity index (χ3n) is 3.64. The molecule has 0 spiro atoms. The number of ether oxygens (including phenoxy) is 1. The predicted octanol–water partition coefficient (Wildman–Crippen LogP) is 2.18. The van der Waals surface area contributed by atoms with E-state index in [4.69, 9.17) is 10.5 Å². The van der Waals surface area contributed by atoms with Gasteiger partial charge in [-0.05, 0) is 35.6 Å². The molecule has 1 atom stereocenters. The molecular weight excluding hydrogens is 238 g/mol. The van der Waals surface area contributed by atoms with E-state index < -0.39 is 0 Å². The van der Waals surface area contributed by atoms with Gasteiger partial charge in [0, 0.05) is 18.8 Å². The summed E-state index contributed by atoms with van der Waals surface area (Å²) in [5, 5.41) is 4.28. The number of fused-ring (bicyclic) bond motifs is 1. The molecule has 0 aliphatic carbocycles. The summed E-state index contributed by atoms with van der Waals surface area (Å²) < 4.78 is 7.36. The highest BCUT2D eigenvalue weighted by molar-refractivity contribution is 5.35. The molecule has 2 aromatic rings. The molecule has 4 nitrogen and oxygen atoms in total. The van der Waals surface area contributed by atoms with E-state index in [1.54, 1.807) is 0 Å². The fourth-order valence-electron chi connectivity index (χ4n) is 2.48. The molecule has 1 aromatic carbocycles. The summed E-state index contributed by atoms with van der Waals surface area (Å²) in [5.41, 5.74) is 11.2. The van der Waals surface area contributed by atoms with Gasteiger partial charge in [0.1, 0.15) is 0 Å². The molecule has 0 bridgehead atoms. The lowest BCUT2D eigenvalue weighted by molar-refractivity contribution is 0.134. The Hall–Kier alpha value is -1.65. The lowest BCUT2D eigenvalue weighted by atomic mass is 9.98. The van der Waals surface area contributed by atoms with E-state index in [2.05, 4.69) is 36.4 Å². The maximum atomic E-state index is 6.29. The van der Waals surface area contributed by atoms with Crippen LogP contribution in [0.1, 0.15) is 35.2 Å². The van der Waals surface area contributed by atoms with Crippen molar-refractivity contribution in [3.05, 3.63) is 52.8 Å². The topological polar surface area (TPSA) is 53.1 Å². The van der Waals surface area contributed by atoms with Gasteiger partial charge in [0.25, 0.3) is 0 Å². The number of nitrogens with zero attached hydrogens (tertiary/aromatic N) is 2. The van der Waals surface area contributed by atoms with Crippen LogP contribution in [-0.4, -0.2) is 9.78 Å². The summed E-state index contributed by atoms with van der Waals surface area (Å²) in [4.78, 5) is 0. The van der Waals surface area contributed by atoms with Gasteiger partial charge in [0.05, 0.1) is 19.4 Å². The Kier molecular flexibility index (Phi) is 3.36. The van der Waals surface area contributed by atoms with Gasteiger partial charge >= 0.3 is 0 Å². The van der Waals surface area contributed by atoms with Crippen LogP contribution >= 0.6 is 0 Å². The summed E-state index contributed by atoms with van der Waals surface area (Å²) in [6.45, 7) is 4.42. The van der Waals surface area contributed by atoms with Crippen molar-refractivity contribution < 1.29 is 4.74 Å². The molecule has 2 heterocycles. The van der Waals surface area contributed by atoms with Crippen molar-refractivity contribution >= 4 is 0 Å². The minimum absolute atomic E-state index is 0.0143. The summed E-state index contributed by atoms with van der Waals surface area (Å²) in [6, 6.07) is 6.44. The summed E-state index contributed by atoms with van der Waals surface area (Å²) in [5.74, 6) is 0. The Labute approximate surface area is 113 Å². The van der Waals surface area contributed by atoms with Crippen molar-refractivity contribution in [2.45, 2.75) is 39.1 Å². The quantitative estimate of drug-likeness (QED) is 0.913. The first-order chi connectivity index (χ1) is 9.26. The highest BCUT2D eigenvalue weighted by Gasteiger charge is 2.14. The summed E-state index contributed by atoms with van der Waals surface area (Å²) in [6.07, 6.45) is 4.79. The zero-order chi connectivity index (χ0) is 13.2. The van der Waals surface area contributed by atoms with E-state index in [1.165, 1.54) is 22.3 Å². The largest absolute Gasteiger partial charge is 0.372 e. The molecule has 1 aliphatic heterocycles. The fraction of sp³-hybridized carbons (Fsp3) is 0.400. The van der Waals surface area contributed by atoms with Crippen molar-refractivity contribution in [2.24, 2.45) is 5.73 Å². The molecule has 0 saturated heterocycles. The highest BCUT2D eigenvalue weighted by atomic mass is 16.5. The van der Waals surface area contributed by atoms with Crippen LogP contribution in [0.4, 0.5) is 0 Å². The molecule has 0 fully saturated rings. The van der Waals surface area contributed by atoms with Gasteiger partial charge in [-0.15, -0.1) is 0 Å². The third-order valence-corrected chi connectivity index (χ3v) is 3.64. The molecule has 4 heteroatoms. The van der Waals surface area contributed by atoms with Crippen LogP contribution in [0.25, 0.3) is 0 Å². The minimum atomic E-state index is 0.0143. The van der Waals surface area contributed by atoms with Gasteiger partial charge in [-0.25, -0.2) is 0 Å². The van der Waals surface area contributed by atoms with E-state index in [1.807, 2.05) is 10.9 Å². The number of benzene rings is 1. The van der Waals surface area contributed by atoms with E-state index in [9.17, 15) is 0 Å². The number of aryl methyl sites for hydroxylation is 1. The van der Waals surface area contributed by atoms with Gasteiger partial charge in [-0.2, -0.15) is 5.10 Å². The first kappa shape index (κ1) is 12.4. The van der Waals surface area contributed by atoms with Gasteiger partial charge < -0.3 is 10.5 Å². The molecule has 1 aliphatic rings. The average Bonchev–Trinajstić information content (AvgIpc) is 3.05. The molecule has 19 heavy (non-hydrogen) atoms. The molecule has 0 amide bonds. The molecular formula is C15H19N3O. The van der Waals surface area contributed by atoms with E-state index >= 15 is 0 Å². The summed E-state index contributed by atoms with van der Waals surface area (Å²) >= 11 is 0. The van der Waals surface area contributed by atoms with Gasteiger partial charge in [0.15, 0.2) is 0 Å². The number of nitrogens with two attached hydrogens (primary N) is 1. The SMILES string of the molecule is CCn1cc(CC(N)c2ccc3c(c2)COC3)cn1. The third kappa shape index (κ3) is 2.55. The molecule has 2 N–H and O–H groups in total. The molecule has 0 saturated carbocycles. The number of hydrogen-bond acceptors (Lipinski definition) is 3. The minimum Gasteiger partial charge on any atom is -0.372 e. The van der Waals surface area contributed by atoms with E-state index in [0.717, 1.165) is 19.6 Å². The molecule has 1 aromatic heterocycles. The standard InChI is InChI=1S/C15H19N3O/c1-2-18-8-11(7-17-18)5-15(16)12-3-4-13-9-19-10-14(13)6-12/h3-4,6-8,15H,2,5,9-10,16H2,1H3. The average molecular weight is 257 g/mol. The normalized spacial score (nSPS) is 15.5. The molecule has 100 valence electrons. The van der Waals surface area contributed by atoms with E-state index in [0.29, 0.717) is 6.61 Å². The van der Waals surface area contributed by atoms with Gasteiger partial charge in [-0.1, -0.05) is 18.2 Å². The zero-order valence-corrected chi connectivity index (χ0v) is 11.2. The molecule has 3 rings (SSSR count). The van der Waals surface area contributed by atoms with Crippen molar-refractivity contribution in [3.63, 3.8) is 0 Å². The summed E-state index contributed by atoms with van der Waals surface area (Å²) in [7, 11) is 0. The van der Waals surface area contributed by atoms with E-state index in [-0.39, 0.29) is 6.04 Å². The van der Waals surface area contributed by atoms with Crippen LogP contribution < -0.4 is 5.73 Å². The van der Waals surface area contributed by atoms with Gasteiger partial charge in [-0.3, -0.25) is 4.68 Å². The Morgan fingerprint density at radius 3 is 3.00 bits per heavy atom. The van der Waals surface area contributed by atoms with Crippen LogP contribution in [0, 0.1) is 0 Å². The smallest absolute Gasteiger partial charge is 0.0725 e. The first-order valence-corrected chi connectivity index (χ1v) is 6.72. The molecule has 0 radical (unpaired) electrons. The second kappa shape index (κ2) is 5.15. The van der Waals surface area contributed by atoms with Crippen molar-refractivity contribution in [2.75, 3.05) is 0 Å². The number of aromatic nitrogens is 2. The Morgan fingerprint density at radius 1 is 1.37 bits per heavy atom. The Morgan fingerprint density at radius 2 is 2.21 bits per heavy atom. The predicted molar refractivity (Wildman–Crippen MR) is 73.5 cm³/mol. The maximum Gasteiger partial charge on any atom is 0.0725 e. The van der Waals surface area contributed by atoms with Crippen LogP contribution in [0.2, 0.25) is 0 Å².